The fourth-order valence-corrected chi connectivity index (χ4v) is 16.7. The minimum absolute atomic E-state index is 0.000460. The number of phenolic OH excluding ortho intramolecular Hbond substituents is 4. The van der Waals surface area contributed by atoms with Crippen molar-refractivity contribution in [3.8, 4) is 46.0 Å². The van der Waals surface area contributed by atoms with E-state index in [0.717, 1.165) is 43.2 Å². The summed E-state index contributed by atoms with van der Waals surface area (Å²) in [5.41, 5.74) is 5.96. The minimum Gasteiger partial charge on any atom is -0.508 e. The lowest BCUT2D eigenvalue weighted by Crippen LogP contribution is -2.30. The Hall–Kier alpha value is -17.4. The van der Waals surface area contributed by atoms with Crippen LogP contribution in [0.1, 0.15) is 217 Å². The Bertz CT molecular complexity index is 7300. The van der Waals surface area contributed by atoms with Gasteiger partial charge in [-0.2, -0.15) is 0 Å². The maximum atomic E-state index is 14.0. The van der Waals surface area contributed by atoms with Crippen LogP contribution in [0.4, 0.5) is 22.7 Å². The molecule has 0 aromatic heterocycles. The van der Waals surface area contributed by atoms with Crippen molar-refractivity contribution in [2.75, 3.05) is 9.80 Å². The van der Waals surface area contributed by atoms with Gasteiger partial charge in [0.15, 0.2) is 23.1 Å². The number of fused-ring (bicyclic) bond motifs is 2. The second kappa shape index (κ2) is 37.4. The lowest BCUT2D eigenvalue weighted by molar-refractivity contribution is -0.386. The highest BCUT2D eigenvalue weighted by Gasteiger charge is 2.42. The van der Waals surface area contributed by atoms with Crippen LogP contribution in [0.25, 0.3) is 0 Å². The second-order valence-corrected chi connectivity index (χ2v) is 34.8. The molecule has 0 saturated heterocycles. The lowest BCUT2D eigenvalue weighted by Gasteiger charge is -2.28. The molecule has 4 N–H and O–H groups in total. The molecular weight excluding hydrogens is 1730 g/mol. The number of carbonyl (C=O) groups is 10. The van der Waals surface area contributed by atoms with Gasteiger partial charge in [-0.25, -0.2) is 19.4 Å². The van der Waals surface area contributed by atoms with Crippen molar-refractivity contribution in [3.05, 3.63) is 445 Å². The Morgan fingerprint density at radius 1 is 0.309 bits per heavy atom. The first-order valence-electron chi connectivity index (χ1n) is 43.2. The van der Waals surface area contributed by atoms with Gasteiger partial charge in [0, 0.05) is 93.0 Å². The number of Topliss-reactive ketones (excluding diaryl/α,β-unsaturated/α-hetero) is 4. The Kier molecular flexibility index (Phi) is 25.3. The van der Waals surface area contributed by atoms with Crippen LogP contribution >= 0.6 is 0 Å². The molecule has 0 bridgehead atoms. The van der Waals surface area contributed by atoms with E-state index in [-0.39, 0.29) is 134 Å². The number of nitro benzene ring substituents is 2. The quantitative estimate of drug-likeness (QED) is 0.01000. The van der Waals surface area contributed by atoms with Crippen molar-refractivity contribution >= 4 is 81.4 Å². The fourth-order valence-electron chi connectivity index (χ4n) is 16.7. The van der Waals surface area contributed by atoms with Gasteiger partial charge in [0.1, 0.15) is 59.2 Å². The molecular formula is C110H86N4O22. The molecule has 14 aromatic carbocycles. The van der Waals surface area contributed by atoms with Gasteiger partial charge in [-0.15, -0.1) is 0 Å². The maximum Gasteiger partial charge on any atom is 0.338 e. The molecule has 26 nitrogen and oxygen atoms in total. The summed E-state index contributed by atoms with van der Waals surface area (Å²) in [6.45, 7) is 12.7. The van der Waals surface area contributed by atoms with E-state index in [1.165, 1.54) is 103 Å². The van der Waals surface area contributed by atoms with Crippen LogP contribution < -0.4 is 19.3 Å². The molecule has 0 saturated carbocycles. The van der Waals surface area contributed by atoms with E-state index in [1.807, 2.05) is 72.7 Å². The summed E-state index contributed by atoms with van der Waals surface area (Å²) in [4.78, 5) is 162. The van der Waals surface area contributed by atoms with Gasteiger partial charge < -0.3 is 39.4 Å². The van der Waals surface area contributed by atoms with E-state index in [4.69, 9.17) is 18.9 Å². The molecule has 0 unspecified atom stereocenters. The largest absolute Gasteiger partial charge is 0.508 e. The molecule has 14 aromatic rings. The number of rotatable bonds is 32. The molecule has 16 rings (SSSR count). The van der Waals surface area contributed by atoms with E-state index in [0.29, 0.717) is 78.8 Å². The van der Waals surface area contributed by atoms with Crippen molar-refractivity contribution in [2.45, 2.75) is 104 Å². The third kappa shape index (κ3) is 18.8. The van der Waals surface area contributed by atoms with Gasteiger partial charge in [-0.1, -0.05) is 139 Å². The highest BCUT2D eigenvalue weighted by atomic mass is 16.6. The minimum atomic E-state index is -0.930. The summed E-state index contributed by atoms with van der Waals surface area (Å²) in [5.74, 6) is -4.67. The normalized spacial score (nSPS) is 12.4. The van der Waals surface area contributed by atoms with Crippen molar-refractivity contribution in [3.63, 3.8) is 0 Å². The number of hydrogen-bond acceptors (Lipinski definition) is 22. The summed E-state index contributed by atoms with van der Waals surface area (Å²) in [6.07, 6.45) is -0.443. The number of ether oxygens (including phenoxy) is 4. The van der Waals surface area contributed by atoms with Crippen LogP contribution in [0.15, 0.2) is 297 Å². The number of para-hydroxylation sites is 2. The van der Waals surface area contributed by atoms with E-state index >= 15 is 0 Å². The number of hydrogen-bond donors (Lipinski definition) is 4. The molecule has 0 aliphatic carbocycles. The number of nitrogens with zero attached hydrogens (tertiary/aromatic N) is 4. The van der Waals surface area contributed by atoms with E-state index < -0.39 is 74.0 Å². The number of benzene rings is 14. The van der Waals surface area contributed by atoms with E-state index in [1.54, 1.807) is 170 Å². The van der Waals surface area contributed by atoms with Gasteiger partial charge in [-0.3, -0.25) is 58.6 Å². The maximum absolute atomic E-state index is 14.0. The summed E-state index contributed by atoms with van der Waals surface area (Å²) in [7, 11) is 0. The lowest BCUT2D eigenvalue weighted by atomic mass is 9.76. The number of anilines is 2. The average molecular weight is 1820 g/mol. The zero-order chi connectivity index (χ0) is 96.5. The van der Waals surface area contributed by atoms with Crippen LogP contribution in [0.3, 0.4) is 0 Å². The summed E-state index contributed by atoms with van der Waals surface area (Å²) < 4.78 is 23.0. The Morgan fingerprint density at radius 2 is 0.618 bits per heavy atom. The average Bonchev–Trinajstić information content (AvgIpc) is 1.63. The zero-order valence-electron chi connectivity index (χ0n) is 74.5. The van der Waals surface area contributed by atoms with Crippen molar-refractivity contribution < 1.29 is 97.2 Å². The molecule has 678 valence electrons. The molecule has 0 atom stereocenters. The van der Waals surface area contributed by atoms with Gasteiger partial charge >= 0.3 is 11.9 Å². The molecule has 26 heteroatoms. The molecule has 0 fully saturated rings. The van der Waals surface area contributed by atoms with Gasteiger partial charge in [0.2, 0.25) is 0 Å². The number of imide groups is 2. The molecule has 0 spiro atoms. The van der Waals surface area contributed by atoms with Crippen LogP contribution in [0, 0.1) is 27.2 Å². The van der Waals surface area contributed by atoms with Gasteiger partial charge in [0.05, 0.1) is 65.7 Å². The summed E-state index contributed by atoms with van der Waals surface area (Å²) in [6, 6.07) is 77.9. The Balaban J connectivity index is 0.495. The number of ketones is 4. The Labute approximate surface area is 779 Å². The molecule has 2 aliphatic rings. The molecule has 2 aliphatic heterocycles. The molecule has 0 radical (unpaired) electrons. The fraction of sp³-hybridized carbons (Fsp3) is 0.145. The third-order valence-electron chi connectivity index (χ3n) is 25.2. The molecule has 2 heterocycles. The smallest absolute Gasteiger partial charge is 0.338 e. The van der Waals surface area contributed by atoms with Gasteiger partial charge in [-0.05, 0) is 239 Å². The van der Waals surface area contributed by atoms with Crippen LogP contribution in [0.5, 0.6) is 46.0 Å². The molecule has 136 heavy (non-hydrogen) atoms. The van der Waals surface area contributed by atoms with Crippen LogP contribution in [-0.4, -0.2) is 89.0 Å². The number of aromatic hydroxyl groups is 4. The first-order chi connectivity index (χ1) is 65.0. The highest BCUT2D eigenvalue weighted by Crippen LogP contribution is 2.45. The van der Waals surface area contributed by atoms with Crippen molar-refractivity contribution in [1.82, 2.24) is 0 Å². The monoisotopic (exact) mass is 1810 g/mol. The predicted molar refractivity (Wildman–Crippen MR) is 504 cm³/mol. The van der Waals surface area contributed by atoms with Crippen molar-refractivity contribution in [1.29, 1.82) is 0 Å². The van der Waals surface area contributed by atoms with E-state index in [2.05, 4.69) is 0 Å². The van der Waals surface area contributed by atoms with Crippen molar-refractivity contribution in [2.24, 2.45) is 0 Å². The van der Waals surface area contributed by atoms with Gasteiger partial charge in [0.25, 0.3) is 35.0 Å². The first-order valence-corrected chi connectivity index (χ1v) is 43.2. The standard InChI is InChI=1S/C110H86N4O22/c1-63-19-30-77(108(2,3)76-15-12-16-82(59-76)111-102(123)87-43-28-68(53-89(87)104(111)125)106(127)133-61-70-13-8-10-17-91(70)113(129)130)49-72(63)55-98(119)64-20-35-83(36-21-64)135-84-37-22-65(23-38-84)99(120)56-73-50-78(31-45-94(73)115)109(4,5)79-32-46-95(116)74(51-79)57-100(121)66-24-39-85(40-25-66)136-86-41-26-67(27-42-86)101(122)58-75-52-80(33-47-96(75)117)110(6,7)81-34-48-97(118)93(60-81)112-103(124)88-44-29-69(54-90(88)105(112)126)107(128)134-62-71-14-9-11-18-92(71)114(131)132/h8-54,59-60,115-118H,55-58,61-62H2,1-7H3. The predicted octanol–water partition coefficient (Wildman–Crippen LogP) is 21.2. The number of carbonyl (C=O) groups excluding carboxylic acids is 10. The molecule has 4 amide bonds. The number of aryl methyl sites for hydroxylation is 1. The van der Waals surface area contributed by atoms with E-state index in [9.17, 15) is 88.6 Å². The Morgan fingerprint density at radius 3 is 1.00 bits per heavy atom. The topological polar surface area (TPSA) is 381 Å². The van der Waals surface area contributed by atoms with Crippen LogP contribution in [-0.2, 0) is 64.6 Å². The first kappa shape index (κ1) is 91.9. The van der Waals surface area contributed by atoms with Crippen LogP contribution in [0.2, 0.25) is 0 Å². The third-order valence-corrected chi connectivity index (χ3v) is 25.2. The second-order valence-electron chi connectivity index (χ2n) is 34.8. The number of phenols is 4. The SMILES string of the molecule is Cc1ccc(C(C)(C)c2cccc(N3C(=O)c4ccc(C(=O)OCc5ccccc5[N+](=O)[O-])cc4C3=O)c2)cc1CC(=O)c1ccc(Oc2ccc(C(=O)Cc3cc(C(C)(C)c4ccc(O)c(CC(=O)c5ccc(Oc6ccc(C(=O)Cc7cc(C(C)(C)c8ccc(O)c(N9C(=O)c%10ccc(C(=O)OCc%11ccccc%11[N+](=O)[O-])cc%10C9=O)c8)ccc7O)cc6)cc5)c4)ccc3O)cc2)cc1. The highest BCUT2D eigenvalue weighted by molar-refractivity contribution is 6.36. The summed E-state index contributed by atoms with van der Waals surface area (Å²) >= 11 is 0. The number of esters is 2. The number of amides is 4. The summed E-state index contributed by atoms with van der Waals surface area (Å²) in [5, 5.41) is 67.6. The number of nitro groups is 2. The zero-order valence-corrected chi connectivity index (χ0v) is 74.5.